The molecule has 0 bridgehead atoms. The van der Waals surface area contributed by atoms with Gasteiger partial charge in [0.15, 0.2) is 6.35 Å². The van der Waals surface area contributed by atoms with Gasteiger partial charge in [-0.1, -0.05) is 24.3 Å². The SMILES string of the molecule is COc1ccc(CN2C[C@]3(CC[C@](c4ccc(OC)cc4)(N(C)C)CC3)NC2O)cc1. The van der Waals surface area contributed by atoms with Gasteiger partial charge in [-0.15, -0.1) is 0 Å². The number of aliphatic hydroxyl groups is 1. The number of benzene rings is 2. The van der Waals surface area contributed by atoms with Crippen LogP contribution in [0.1, 0.15) is 36.8 Å². The second-order valence-electron chi connectivity index (χ2n) is 9.21. The molecule has 2 aromatic carbocycles. The largest absolute Gasteiger partial charge is 0.497 e. The Bertz CT molecular complexity index is 859. The molecule has 31 heavy (non-hydrogen) atoms. The number of rotatable bonds is 6. The highest BCUT2D eigenvalue weighted by Crippen LogP contribution is 2.46. The highest BCUT2D eigenvalue weighted by molar-refractivity contribution is 5.33. The minimum absolute atomic E-state index is 0.00750. The molecule has 0 radical (unpaired) electrons. The van der Waals surface area contributed by atoms with Crippen LogP contribution in [0.5, 0.6) is 11.5 Å². The zero-order valence-electron chi connectivity index (χ0n) is 19.1. The van der Waals surface area contributed by atoms with Gasteiger partial charge < -0.3 is 14.6 Å². The molecular weight excluding hydrogens is 390 g/mol. The third-order valence-corrected chi connectivity index (χ3v) is 7.35. The molecule has 1 heterocycles. The fourth-order valence-corrected chi connectivity index (χ4v) is 5.33. The first-order chi connectivity index (χ1) is 14.9. The van der Waals surface area contributed by atoms with Crippen molar-refractivity contribution in [2.75, 3.05) is 34.9 Å². The minimum atomic E-state index is -0.616. The van der Waals surface area contributed by atoms with Crippen LogP contribution < -0.4 is 14.8 Å². The van der Waals surface area contributed by atoms with Crippen LogP contribution in [-0.2, 0) is 12.1 Å². The van der Waals surface area contributed by atoms with Gasteiger partial charge in [0, 0.05) is 24.2 Å². The third kappa shape index (κ3) is 4.30. The summed E-state index contributed by atoms with van der Waals surface area (Å²) in [4.78, 5) is 4.50. The minimum Gasteiger partial charge on any atom is -0.497 e. The van der Waals surface area contributed by atoms with Gasteiger partial charge in [0.25, 0.3) is 0 Å². The number of aliphatic hydroxyl groups excluding tert-OH is 1. The van der Waals surface area contributed by atoms with Crippen LogP contribution in [0, 0.1) is 0 Å². The van der Waals surface area contributed by atoms with E-state index in [-0.39, 0.29) is 11.1 Å². The highest BCUT2D eigenvalue weighted by Gasteiger charge is 2.49. The molecule has 4 rings (SSSR count). The number of hydrogen-bond acceptors (Lipinski definition) is 6. The molecular formula is C25H35N3O3. The zero-order chi connectivity index (χ0) is 22.1. The van der Waals surface area contributed by atoms with Crippen LogP contribution in [-0.4, -0.2) is 61.7 Å². The summed E-state index contributed by atoms with van der Waals surface area (Å²) in [6, 6.07) is 16.6. The average molecular weight is 426 g/mol. The van der Waals surface area contributed by atoms with E-state index in [1.807, 2.05) is 12.1 Å². The van der Waals surface area contributed by atoms with Gasteiger partial charge in [-0.05, 0) is 75.2 Å². The maximum absolute atomic E-state index is 10.7. The van der Waals surface area contributed by atoms with Gasteiger partial charge in [-0.3, -0.25) is 15.1 Å². The van der Waals surface area contributed by atoms with E-state index in [1.54, 1.807) is 14.2 Å². The predicted octanol–water partition coefficient (Wildman–Crippen LogP) is 3.15. The first kappa shape index (κ1) is 22.1. The van der Waals surface area contributed by atoms with Crippen LogP contribution in [0.4, 0.5) is 0 Å². The van der Waals surface area contributed by atoms with Crippen molar-refractivity contribution in [2.24, 2.45) is 0 Å². The first-order valence-corrected chi connectivity index (χ1v) is 11.0. The molecule has 2 aliphatic rings. The Labute approximate surface area is 185 Å². The van der Waals surface area contributed by atoms with Gasteiger partial charge in [-0.25, -0.2) is 0 Å². The summed E-state index contributed by atoms with van der Waals surface area (Å²) >= 11 is 0. The Morgan fingerprint density at radius 3 is 2.00 bits per heavy atom. The second kappa shape index (κ2) is 8.79. The van der Waals surface area contributed by atoms with Crippen LogP contribution in [0.3, 0.4) is 0 Å². The summed E-state index contributed by atoms with van der Waals surface area (Å²) in [6.07, 6.45) is 3.51. The molecule has 6 nitrogen and oxygen atoms in total. The van der Waals surface area contributed by atoms with Gasteiger partial charge in [0.1, 0.15) is 11.5 Å². The van der Waals surface area contributed by atoms with E-state index < -0.39 is 6.35 Å². The zero-order valence-corrected chi connectivity index (χ0v) is 19.1. The molecule has 1 atom stereocenters. The molecule has 6 heteroatoms. The monoisotopic (exact) mass is 425 g/mol. The number of ether oxygens (including phenoxy) is 2. The van der Waals surface area contributed by atoms with Crippen molar-refractivity contribution in [3.05, 3.63) is 59.7 Å². The van der Waals surface area contributed by atoms with E-state index in [2.05, 4.69) is 65.6 Å². The lowest BCUT2D eigenvalue weighted by Gasteiger charge is -2.49. The summed E-state index contributed by atoms with van der Waals surface area (Å²) in [5, 5.41) is 14.3. The van der Waals surface area contributed by atoms with Crippen molar-refractivity contribution in [3.8, 4) is 11.5 Å². The lowest BCUT2D eigenvalue weighted by molar-refractivity contribution is 0.0126. The Balaban J connectivity index is 1.45. The summed E-state index contributed by atoms with van der Waals surface area (Å²) in [7, 11) is 7.73. The lowest BCUT2D eigenvalue weighted by atomic mass is 9.69. The van der Waals surface area contributed by atoms with E-state index >= 15 is 0 Å². The number of nitrogens with zero attached hydrogens (tertiary/aromatic N) is 2. The normalized spacial score (nSPS) is 28.9. The molecule has 1 aliphatic heterocycles. The maximum atomic E-state index is 10.7. The summed E-state index contributed by atoms with van der Waals surface area (Å²) in [6.45, 7) is 1.57. The Hall–Kier alpha value is -2.12. The van der Waals surface area contributed by atoms with Crippen molar-refractivity contribution >= 4 is 0 Å². The molecule has 0 amide bonds. The molecule has 1 unspecified atom stereocenters. The van der Waals surface area contributed by atoms with E-state index in [1.165, 1.54) is 11.1 Å². The average Bonchev–Trinajstić information content (AvgIpc) is 3.09. The van der Waals surface area contributed by atoms with Crippen LogP contribution >= 0.6 is 0 Å². The standard InChI is InChI=1S/C25H35N3O3/c1-27(2)25(20-7-11-22(31-4)12-8-20)15-13-24(14-16-25)18-28(23(29)26-24)17-19-5-9-21(30-3)10-6-19/h5-12,23,26,29H,13-18H2,1-4H3/t23?,24-,25+. The van der Waals surface area contributed by atoms with Crippen molar-refractivity contribution in [3.63, 3.8) is 0 Å². The van der Waals surface area contributed by atoms with Gasteiger partial charge in [-0.2, -0.15) is 0 Å². The molecule has 0 aromatic heterocycles. The molecule has 2 N–H and O–H groups in total. The fraction of sp³-hybridized carbons (Fsp3) is 0.520. The van der Waals surface area contributed by atoms with Crippen molar-refractivity contribution in [1.82, 2.24) is 15.1 Å². The van der Waals surface area contributed by atoms with Crippen molar-refractivity contribution in [2.45, 2.75) is 49.7 Å². The quantitative estimate of drug-likeness (QED) is 0.742. The summed E-state index contributed by atoms with van der Waals surface area (Å²) < 4.78 is 10.6. The van der Waals surface area contributed by atoms with Crippen LogP contribution in [0.25, 0.3) is 0 Å². The second-order valence-corrected chi connectivity index (χ2v) is 9.21. The van der Waals surface area contributed by atoms with E-state index in [0.717, 1.165) is 50.3 Å². The Kier molecular flexibility index (Phi) is 6.26. The smallest absolute Gasteiger partial charge is 0.163 e. The van der Waals surface area contributed by atoms with E-state index in [9.17, 15) is 5.11 Å². The molecule has 168 valence electrons. The first-order valence-electron chi connectivity index (χ1n) is 11.0. The lowest BCUT2D eigenvalue weighted by Crippen LogP contribution is -2.54. The Morgan fingerprint density at radius 2 is 1.48 bits per heavy atom. The number of methoxy groups -OCH3 is 2. The topological polar surface area (TPSA) is 57.2 Å². The predicted molar refractivity (Wildman–Crippen MR) is 122 cm³/mol. The Morgan fingerprint density at radius 1 is 0.935 bits per heavy atom. The highest BCUT2D eigenvalue weighted by atomic mass is 16.5. The van der Waals surface area contributed by atoms with Gasteiger partial charge >= 0.3 is 0 Å². The molecule has 1 aliphatic carbocycles. The molecule has 2 aromatic rings. The third-order valence-electron chi connectivity index (χ3n) is 7.35. The van der Waals surface area contributed by atoms with E-state index in [0.29, 0.717) is 0 Å². The maximum Gasteiger partial charge on any atom is 0.163 e. The molecule has 1 saturated heterocycles. The number of nitrogens with one attached hydrogen (secondary N) is 1. The van der Waals surface area contributed by atoms with Crippen molar-refractivity contribution < 1.29 is 14.6 Å². The van der Waals surface area contributed by atoms with Crippen molar-refractivity contribution in [1.29, 1.82) is 0 Å². The van der Waals surface area contributed by atoms with Gasteiger partial charge in [0.2, 0.25) is 0 Å². The molecule has 2 fully saturated rings. The fourth-order valence-electron chi connectivity index (χ4n) is 5.33. The van der Waals surface area contributed by atoms with Crippen LogP contribution in [0.2, 0.25) is 0 Å². The number of hydrogen-bond donors (Lipinski definition) is 2. The van der Waals surface area contributed by atoms with Crippen LogP contribution in [0.15, 0.2) is 48.5 Å². The molecule has 1 saturated carbocycles. The van der Waals surface area contributed by atoms with E-state index in [4.69, 9.17) is 9.47 Å². The summed E-state index contributed by atoms with van der Waals surface area (Å²) in [5.41, 5.74) is 2.47. The summed E-state index contributed by atoms with van der Waals surface area (Å²) in [5.74, 6) is 1.74. The van der Waals surface area contributed by atoms with Gasteiger partial charge in [0.05, 0.1) is 14.2 Å². The molecule has 1 spiro atoms.